The van der Waals surface area contributed by atoms with E-state index < -0.39 is 5.79 Å². The van der Waals surface area contributed by atoms with Crippen LogP contribution in [0.25, 0.3) is 21.9 Å². The van der Waals surface area contributed by atoms with E-state index in [1.807, 2.05) is 38.2 Å². The molecule has 0 amide bonds. The third-order valence-corrected chi connectivity index (χ3v) is 6.63. The molecule has 0 radical (unpaired) electrons. The summed E-state index contributed by atoms with van der Waals surface area (Å²) < 4.78 is 21.1. The minimum atomic E-state index is -0.667. The summed E-state index contributed by atoms with van der Waals surface area (Å²) >= 11 is 6.27. The maximum absolute atomic E-state index is 6.41. The highest BCUT2D eigenvalue weighted by molar-refractivity contribution is 6.33. The molecule has 0 N–H and O–H groups in total. The molecule has 4 atom stereocenters. The third kappa shape index (κ3) is 3.36. The van der Waals surface area contributed by atoms with Gasteiger partial charge in [0.2, 0.25) is 0 Å². The predicted molar refractivity (Wildman–Crippen MR) is 120 cm³/mol. The van der Waals surface area contributed by atoms with Gasteiger partial charge in [-0.1, -0.05) is 23.7 Å². The molecule has 7 nitrogen and oxygen atoms in total. The SMILES string of the molecule is CC1(C)O[C@@H]2[C@H](O1)[C@@H](OCc1ccc3ncccc3c1)C[C@H]2n1ccc2c(Cl)ncnc21. The predicted octanol–water partition coefficient (Wildman–Crippen LogP) is 4.68. The van der Waals surface area contributed by atoms with Crippen LogP contribution in [0, 0.1) is 0 Å². The Morgan fingerprint density at radius 1 is 1.12 bits per heavy atom. The molecular weight excluding hydrogens is 428 g/mol. The molecule has 1 aromatic carbocycles. The molecule has 3 aromatic heterocycles. The average Bonchev–Trinajstić information content (AvgIpc) is 3.44. The number of fused-ring (bicyclic) bond motifs is 3. The van der Waals surface area contributed by atoms with Crippen molar-refractivity contribution in [3.05, 3.63) is 65.8 Å². The second-order valence-electron chi connectivity index (χ2n) is 8.87. The van der Waals surface area contributed by atoms with Crippen molar-refractivity contribution in [1.82, 2.24) is 19.5 Å². The highest BCUT2D eigenvalue weighted by Crippen LogP contribution is 2.46. The van der Waals surface area contributed by atoms with E-state index in [1.54, 1.807) is 6.20 Å². The Bertz CT molecular complexity index is 1310. The molecule has 4 heterocycles. The first kappa shape index (κ1) is 20.1. The third-order valence-electron chi connectivity index (χ3n) is 6.33. The van der Waals surface area contributed by atoms with Gasteiger partial charge in [-0.3, -0.25) is 4.98 Å². The molecule has 1 saturated carbocycles. The zero-order valence-electron chi connectivity index (χ0n) is 17.8. The summed E-state index contributed by atoms with van der Waals surface area (Å²) in [5.74, 6) is -0.667. The molecule has 8 heteroatoms. The van der Waals surface area contributed by atoms with Crippen LogP contribution in [0.4, 0.5) is 0 Å². The Kier molecular flexibility index (Phi) is 4.69. The molecule has 2 aliphatic rings. The number of ether oxygens (including phenoxy) is 3. The summed E-state index contributed by atoms with van der Waals surface area (Å²) in [7, 11) is 0. The highest BCUT2D eigenvalue weighted by Gasteiger charge is 2.55. The lowest BCUT2D eigenvalue weighted by atomic mass is 10.1. The van der Waals surface area contributed by atoms with Crippen molar-refractivity contribution in [3.8, 4) is 0 Å². The van der Waals surface area contributed by atoms with Crippen LogP contribution in [0.2, 0.25) is 5.15 Å². The van der Waals surface area contributed by atoms with Crippen molar-refractivity contribution < 1.29 is 14.2 Å². The van der Waals surface area contributed by atoms with Gasteiger partial charge in [-0.15, -0.1) is 0 Å². The largest absolute Gasteiger partial charge is 0.371 e. The molecule has 32 heavy (non-hydrogen) atoms. The van der Waals surface area contributed by atoms with E-state index in [4.69, 9.17) is 25.8 Å². The number of hydrogen-bond donors (Lipinski definition) is 0. The van der Waals surface area contributed by atoms with Crippen LogP contribution >= 0.6 is 11.6 Å². The molecule has 0 unspecified atom stereocenters. The van der Waals surface area contributed by atoms with Crippen molar-refractivity contribution in [3.63, 3.8) is 0 Å². The van der Waals surface area contributed by atoms with Crippen molar-refractivity contribution >= 4 is 33.5 Å². The van der Waals surface area contributed by atoms with Crippen LogP contribution in [-0.2, 0) is 20.8 Å². The van der Waals surface area contributed by atoms with Gasteiger partial charge in [-0.2, -0.15) is 0 Å². The lowest BCUT2D eigenvalue weighted by Crippen LogP contribution is -2.30. The topological polar surface area (TPSA) is 71.3 Å². The van der Waals surface area contributed by atoms with E-state index in [9.17, 15) is 0 Å². The summed E-state index contributed by atoms with van der Waals surface area (Å²) in [4.78, 5) is 13.0. The number of benzene rings is 1. The van der Waals surface area contributed by atoms with Crippen molar-refractivity contribution in [2.75, 3.05) is 0 Å². The van der Waals surface area contributed by atoms with E-state index in [0.717, 1.165) is 33.9 Å². The van der Waals surface area contributed by atoms with Gasteiger partial charge in [-0.05, 0) is 50.1 Å². The fraction of sp³-hybridized carbons (Fsp3) is 0.375. The molecule has 0 spiro atoms. The molecule has 1 aliphatic carbocycles. The number of nitrogens with zero attached hydrogens (tertiary/aromatic N) is 4. The maximum atomic E-state index is 6.41. The van der Waals surface area contributed by atoms with Gasteiger partial charge in [0, 0.05) is 17.8 Å². The lowest BCUT2D eigenvalue weighted by molar-refractivity contribution is -0.171. The van der Waals surface area contributed by atoms with Crippen molar-refractivity contribution in [2.45, 2.75) is 57.0 Å². The summed E-state index contributed by atoms with van der Waals surface area (Å²) in [5, 5.41) is 2.39. The standard InChI is InChI=1S/C24H23ClN4O3/c1-24(2)31-20-18(29-9-7-16-22(25)27-13-28-23(16)29)11-19(21(20)32-24)30-12-14-5-6-17-15(10-14)4-3-8-26-17/h3-10,13,18-21H,11-12H2,1-2H3/t18-,19+,20+,21-/m1/s1. The Hall–Kier alpha value is -2.58. The summed E-state index contributed by atoms with van der Waals surface area (Å²) in [6.07, 6.45) is 5.65. The first-order valence-electron chi connectivity index (χ1n) is 10.8. The average molecular weight is 451 g/mol. The molecule has 164 valence electrons. The van der Waals surface area contributed by atoms with Crippen molar-refractivity contribution in [2.24, 2.45) is 0 Å². The number of rotatable bonds is 4. The number of hydrogen-bond acceptors (Lipinski definition) is 6. The molecular formula is C24H23ClN4O3. The number of halogens is 1. The molecule has 1 saturated heterocycles. The van der Waals surface area contributed by atoms with Gasteiger partial charge in [0.05, 0.1) is 29.7 Å². The fourth-order valence-electron chi connectivity index (χ4n) is 4.97. The summed E-state index contributed by atoms with van der Waals surface area (Å²) in [5.41, 5.74) is 2.88. The van der Waals surface area contributed by atoms with E-state index in [0.29, 0.717) is 11.8 Å². The van der Waals surface area contributed by atoms with Crippen LogP contribution in [0.5, 0.6) is 0 Å². The van der Waals surface area contributed by atoms with E-state index in [-0.39, 0.29) is 24.4 Å². The van der Waals surface area contributed by atoms with Gasteiger partial charge in [0.1, 0.15) is 29.3 Å². The molecule has 6 rings (SSSR count). The van der Waals surface area contributed by atoms with E-state index >= 15 is 0 Å². The molecule has 2 fully saturated rings. The lowest BCUT2D eigenvalue weighted by Gasteiger charge is -2.24. The normalized spacial score (nSPS) is 26.7. The van der Waals surface area contributed by atoms with E-state index in [1.165, 1.54) is 6.33 Å². The van der Waals surface area contributed by atoms with Gasteiger partial charge in [-0.25, -0.2) is 9.97 Å². The maximum Gasteiger partial charge on any atom is 0.164 e. The van der Waals surface area contributed by atoms with Crippen LogP contribution in [-0.4, -0.2) is 43.6 Å². The van der Waals surface area contributed by atoms with E-state index in [2.05, 4.69) is 37.7 Å². The highest BCUT2D eigenvalue weighted by atomic mass is 35.5. The van der Waals surface area contributed by atoms with Crippen LogP contribution in [0.15, 0.2) is 55.1 Å². The second-order valence-corrected chi connectivity index (χ2v) is 9.23. The van der Waals surface area contributed by atoms with Crippen LogP contribution < -0.4 is 0 Å². The Labute approximate surface area is 190 Å². The number of aromatic nitrogens is 4. The van der Waals surface area contributed by atoms with Crippen molar-refractivity contribution in [1.29, 1.82) is 0 Å². The quantitative estimate of drug-likeness (QED) is 0.420. The molecule has 0 bridgehead atoms. The van der Waals surface area contributed by atoms with Crippen LogP contribution in [0.1, 0.15) is 31.9 Å². The molecule has 1 aliphatic heterocycles. The number of pyridine rings is 1. The zero-order chi connectivity index (χ0) is 21.9. The van der Waals surface area contributed by atoms with Gasteiger partial charge in [0.15, 0.2) is 5.79 Å². The minimum Gasteiger partial charge on any atom is -0.371 e. The fourth-order valence-corrected chi connectivity index (χ4v) is 5.16. The van der Waals surface area contributed by atoms with Gasteiger partial charge in [0.25, 0.3) is 0 Å². The minimum absolute atomic E-state index is 0.0241. The smallest absolute Gasteiger partial charge is 0.164 e. The van der Waals surface area contributed by atoms with Gasteiger partial charge >= 0.3 is 0 Å². The first-order valence-corrected chi connectivity index (χ1v) is 11.1. The Morgan fingerprint density at radius 2 is 2.00 bits per heavy atom. The Balaban J connectivity index is 1.28. The first-order chi connectivity index (χ1) is 15.5. The van der Waals surface area contributed by atoms with Crippen LogP contribution in [0.3, 0.4) is 0 Å². The summed E-state index contributed by atoms with van der Waals surface area (Å²) in [6, 6.07) is 12.2. The van der Waals surface area contributed by atoms with Gasteiger partial charge < -0.3 is 18.8 Å². The summed E-state index contributed by atoms with van der Waals surface area (Å²) in [6.45, 7) is 4.39. The second kappa shape index (κ2) is 7.49. The Morgan fingerprint density at radius 3 is 2.91 bits per heavy atom. The molecule has 4 aromatic rings. The monoisotopic (exact) mass is 450 g/mol. The zero-order valence-corrected chi connectivity index (χ0v) is 18.6.